The van der Waals surface area contributed by atoms with Gasteiger partial charge in [-0.25, -0.2) is 0 Å². The number of carbonyl (C=O) groups is 1. The first kappa shape index (κ1) is 12.7. The van der Waals surface area contributed by atoms with E-state index in [1.165, 1.54) is 0 Å². The molecule has 0 radical (unpaired) electrons. The average Bonchev–Trinajstić information content (AvgIpc) is 2.99. The van der Waals surface area contributed by atoms with Gasteiger partial charge in [-0.2, -0.15) is 13.2 Å². The fraction of sp³-hybridized carbons (Fsp3) is 0.909. The van der Waals surface area contributed by atoms with E-state index in [-0.39, 0.29) is 12.8 Å². The van der Waals surface area contributed by atoms with Gasteiger partial charge in [-0.3, -0.25) is 4.79 Å². The Hall–Kier alpha value is -0.780. The average molecular weight is 250 g/mol. The highest BCUT2D eigenvalue weighted by molar-refractivity contribution is 5.83. The van der Waals surface area contributed by atoms with Crippen LogP contribution in [-0.4, -0.2) is 30.7 Å². The zero-order valence-corrected chi connectivity index (χ0v) is 9.78. The van der Waals surface area contributed by atoms with E-state index in [1.807, 2.05) is 0 Å². The summed E-state index contributed by atoms with van der Waals surface area (Å²) in [5, 5.41) is 5.27. The molecule has 1 heterocycles. The maximum absolute atomic E-state index is 12.7. The van der Waals surface area contributed by atoms with Crippen LogP contribution in [0.25, 0.3) is 0 Å². The second-order valence-electron chi connectivity index (χ2n) is 5.37. The van der Waals surface area contributed by atoms with Crippen LogP contribution in [0.2, 0.25) is 0 Å². The molecule has 0 aromatic heterocycles. The van der Waals surface area contributed by atoms with Gasteiger partial charge >= 0.3 is 6.18 Å². The molecule has 2 fully saturated rings. The summed E-state index contributed by atoms with van der Waals surface area (Å²) >= 11 is 0. The van der Waals surface area contributed by atoms with Crippen molar-refractivity contribution in [2.75, 3.05) is 13.1 Å². The maximum Gasteiger partial charge on any atom is 0.411 e. The molecule has 1 amide bonds. The molecule has 0 bridgehead atoms. The highest BCUT2D eigenvalue weighted by atomic mass is 19.4. The van der Waals surface area contributed by atoms with E-state index in [9.17, 15) is 18.0 Å². The minimum Gasteiger partial charge on any atom is -0.341 e. The molecule has 2 aliphatic rings. The van der Waals surface area contributed by atoms with Crippen LogP contribution in [0, 0.1) is 5.41 Å². The van der Waals surface area contributed by atoms with Gasteiger partial charge in [0.15, 0.2) is 0 Å². The molecule has 0 aromatic carbocycles. The van der Waals surface area contributed by atoms with Gasteiger partial charge in [-0.05, 0) is 39.2 Å². The van der Waals surface area contributed by atoms with Crippen LogP contribution in [0.4, 0.5) is 13.2 Å². The molecule has 1 aliphatic heterocycles. The lowest BCUT2D eigenvalue weighted by Gasteiger charge is -2.34. The van der Waals surface area contributed by atoms with Gasteiger partial charge in [-0.15, -0.1) is 0 Å². The largest absolute Gasteiger partial charge is 0.411 e. The minimum absolute atomic E-state index is 0.00570. The van der Waals surface area contributed by atoms with E-state index >= 15 is 0 Å². The quantitative estimate of drug-likeness (QED) is 0.781. The van der Waals surface area contributed by atoms with Crippen molar-refractivity contribution in [1.29, 1.82) is 0 Å². The highest BCUT2D eigenvalue weighted by Crippen LogP contribution is 2.49. The molecule has 1 saturated carbocycles. The fourth-order valence-electron chi connectivity index (χ4n) is 2.22. The highest BCUT2D eigenvalue weighted by Gasteiger charge is 2.65. The number of amides is 1. The predicted octanol–water partition coefficient (Wildman–Crippen LogP) is 1.59. The van der Waals surface area contributed by atoms with Crippen molar-refractivity contribution >= 4 is 5.91 Å². The summed E-state index contributed by atoms with van der Waals surface area (Å²) in [6, 6.07) is 0. The first-order chi connectivity index (χ1) is 7.79. The third kappa shape index (κ3) is 2.27. The van der Waals surface area contributed by atoms with Crippen molar-refractivity contribution in [2.45, 2.75) is 44.3 Å². The number of piperidine rings is 1. The van der Waals surface area contributed by atoms with Crippen LogP contribution in [0.15, 0.2) is 0 Å². The molecule has 3 nitrogen and oxygen atoms in total. The number of halogens is 3. The second kappa shape index (κ2) is 3.86. The summed E-state index contributed by atoms with van der Waals surface area (Å²) in [5.41, 5.74) is -2.65. The fourth-order valence-corrected chi connectivity index (χ4v) is 2.22. The van der Waals surface area contributed by atoms with Gasteiger partial charge < -0.3 is 10.6 Å². The van der Waals surface area contributed by atoms with E-state index in [2.05, 4.69) is 10.6 Å². The van der Waals surface area contributed by atoms with Gasteiger partial charge in [0.2, 0.25) is 5.91 Å². The monoisotopic (exact) mass is 250 g/mol. The number of nitrogens with one attached hydrogen (secondary N) is 2. The van der Waals surface area contributed by atoms with Crippen molar-refractivity contribution in [3.05, 3.63) is 0 Å². The van der Waals surface area contributed by atoms with Crippen LogP contribution >= 0.6 is 0 Å². The number of hydrogen-bond donors (Lipinski definition) is 2. The van der Waals surface area contributed by atoms with Crippen LogP contribution < -0.4 is 10.6 Å². The number of alkyl halides is 3. The smallest absolute Gasteiger partial charge is 0.341 e. The first-order valence-corrected chi connectivity index (χ1v) is 5.89. The van der Waals surface area contributed by atoms with Gasteiger partial charge in [0, 0.05) is 6.54 Å². The van der Waals surface area contributed by atoms with Gasteiger partial charge in [0.1, 0.15) is 5.54 Å². The Kier molecular flexibility index (Phi) is 2.88. The Morgan fingerprint density at radius 1 is 1.29 bits per heavy atom. The van der Waals surface area contributed by atoms with Gasteiger partial charge in [0.25, 0.3) is 0 Å². The zero-order chi connectivity index (χ0) is 12.7. The van der Waals surface area contributed by atoms with Gasteiger partial charge in [0.05, 0.1) is 5.41 Å². The molecule has 0 spiro atoms. The summed E-state index contributed by atoms with van der Waals surface area (Å²) in [4.78, 5) is 12.0. The molecule has 1 atom stereocenters. The molecular formula is C11H17F3N2O. The summed E-state index contributed by atoms with van der Waals surface area (Å²) in [7, 11) is 0. The topological polar surface area (TPSA) is 41.1 Å². The Bertz CT molecular complexity index is 317. The summed E-state index contributed by atoms with van der Waals surface area (Å²) < 4.78 is 38.2. The molecule has 6 heteroatoms. The Labute approximate surface area is 98.1 Å². The Morgan fingerprint density at radius 2 is 1.94 bits per heavy atom. The van der Waals surface area contributed by atoms with E-state index in [1.54, 1.807) is 6.92 Å². The molecule has 98 valence electrons. The van der Waals surface area contributed by atoms with Crippen molar-refractivity contribution in [3.8, 4) is 0 Å². The molecule has 17 heavy (non-hydrogen) atoms. The lowest BCUT2D eigenvalue weighted by Crippen LogP contribution is -2.55. The SMILES string of the molecule is CC1(C(=O)NC2(C(F)(F)F)CC2)CCCNC1. The van der Waals surface area contributed by atoms with Crippen LogP contribution in [0.3, 0.4) is 0 Å². The number of hydrogen-bond acceptors (Lipinski definition) is 2. The van der Waals surface area contributed by atoms with E-state index < -0.39 is 23.0 Å². The summed E-state index contributed by atoms with van der Waals surface area (Å²) in [6.07, 6.45) is -2.86. The molecule has 0 aromatic rings. The van der Waals surface area contributed by atoms with Crippen molar-refractivity contribution in [1.82, 2.24) is 10.6 Å². The van der Waals surface area contributed by atoms with Crippen LogP contribution in [-0.2, 0) is 4.79 Å². The maximum atomic E-state index is 12.7. The molecule has 2 rings (SSSR count). The van der Waals surface area contributed by atoms with Crippen molar-refractivity contribution in [3.63, 3.8) is 0 Å². The molecule has 1 aliphatic carbocycles. The predicted molar refractivity (Wildman–Crippen MR) is 56.4 cm³/mol. The minimum atomic E-state index is -4.33. The molecule has 1 unspecified atom stereocenters. The molecule has 2 N–H and O–H groups in total. The number of carbonyl (C=O) groups excluding carboxylic acids is 1. The third-order valence-electron chi connectivity index (χ3n) is 3.79. The van der Waals surface area contributed by atoms with E-state index in [0.29, 0.717) is 13.0 Å². The third-order valence-corrected chi connectivity index (χ3v) is 3.79. The number of rotatable bonds is 2. The Balaban J connectivity index is 2.02. The normalized spacial score (nSPS) is 32.0. The second-order valence-corrected chi connectivity index (χ2v) is 5.37. The lowest BCUT2D eigenvalue weighted by atomic mass is 9.81. The standard InChI is InChI=1S/C11H17F3N2O/c1-9(3-2-6-15-7-9)8(17)16-10(4-5-10)11(12,13)14/h15H,2-7H2,1H3,(H,16,17). The lowest BCUT2D eigenvalue weighted by molar-refractivity contribution is -0.173. The molecular weight excluding hydrogens is 233 g/mol. The zero-order valence-electron chi connectivity index (χ0n) is 9.78. The van der Waals surface area contributed by atoms with Crippen LogP contribution in [0.5, 0.6) is 0 Å². The summed E-state index contributed by atoms with van der Waals surface area (Å²) in [5.74, 6) is -0.473. The first-order valence-electron chi connectivity index (χ1n) is 5.89. The van der Waals surface area contributed by atoms with Gasteiger partial charge in [-0.1, -0.05) is 0 Å². The van der Waals surface area contributed by atoms with E-state index in [0.717, 1.165) is 13.0 Å². The summed E-state index contributed by atoms with van der Waals surface area (Å²) in [6.45, 7) is 3.00. The molecule has 1 saturated heterocycles. The Morgan fingerprint density at radius 3 is 2.35 bits per heavy atom. The van der Waals surface area contributed by atoms with Crippen molar-refractivity contribution in [2.24, 2.45) is 5.41 Å². The van der Waals surface area contributed by atoms with Crippen molar-refractivity contribution < 1.29 is 18.0 Å². The van der Waals surface area contributed by atoms with Crippen LogP contribution in [0.1, 0.15) is 32.6 Å². The van der Waals surface area contributed by atoms with E-state index in [4.69, 9.17) is 0 Å².